The van der Waals surface area contributed by atoms with E-state index in [1.54, 1.807) is 12.1 Å². The maximum Gasteiger partial charge on any atom is 0.280 e. The van der Waals surface area contributed by atoms with Crippen LogP contribution in [-0.4, -0.2) is 60.3 Å². The van der Waals surface area contributed by atoms with Gasteiger partial charge in [-0.2, -0.15) is 0 Å². The van der Waals surface area contributed by atoms with Crippen LogP contribution in [0.4, 0.5) is 5.69 Å². The molecule has 1 aliphatic rings. The Morgan fingerprint density at radius 3 is 2.36 bits per heavy atom. The van der Waals surface area contributed by atoms with Crippen molar-refractivity contribution in [2.75, 3.05) is 39.8 Å². The summed E-state index contributed by atoms with van der Waals surface area (Å²) in [5.41, 5.74) is 0.113. The van der Waals surface area contributed by atoms with Gasteiger partial charge in [-0.1, -0.05) is 12.1 Å². The van der Waals surface area contributed by atoms with Crippen LogP contribution in [0.15, 0.2) is 24.3 Å². The number of rotatable bonds is 5. The first-order valence-corrected chi connectivity index (χ1v) is 6.75. The fraction of sp³-hybridized carbons (Fsp3) is 0.500. The number of hydrogen-bond acceptors (Lipinski definition) is 5. The number of likely N-dealkylation sites (N-methyl/N-ethyl adjacent to an activating group) is 1. The first-order valence-electron chi connectivity index (χ1n) is 6.75. The van der Waals surface area contributed by atoms with Crippen molar-refractivity contribution >= 4 is 36.3 Å². The van der Waals surface area contributed by atoms with Crippen LogP contribution in [0.5, 0.6) is 0 Å². The highest BCUT2D eigenvalue weighted by Crippen LogP contribution is 2.19. The number of carbonyl (C=O) groups is 1. The largest absolute Gasteiger partial charge is 0.304 e. The number of nitro groups is 1. The molecule has 1 aromatic rings. The summed E-state index contributed by atoms with van der Waals surface area (Å²) in [5.74, 6) is -0.156. The highest BCUT2D eigenvalue weighted by Gasteiger charge is 2.20. The lowest BCUT2D eigenvalue weighted by atomic mass is 10.1. The standard InChI is InChI=1S/C14H19N3O3.2ClH/c1-15-8-10-16(11-9-15)7-6-14(18)12-4-2-3-5-13(12)17(19)20;;/h2-5H,6-11H2,1H3;2*1H. The predicted molar refractivity (Wildman–Crippen MR) is 90.5 cm³/mol. The van der Waals surface area contributed by atoms with Gasteiger partial charge in [-0.05, 0) is 13.1 Å². The van der Waals surface area contributed by atoms with Crippen molar-refractivity contribution in [1.82, 2.24) is 9.80 Å². The summed E-state index contributed by atoms with van der Waals surface area (Å²) in [4.78, 5) is 27.0. The third kappa shape index (κ3) is 5.53. The molecule has 0 aliphatic carbocycles. The molecular weight excluding hydrogens is 329 g/mol. The lowest BCUT2D eigenvalue weighted by molar-refractivity contribution is -0.385. The van der Waals surface area contributed by atoms with Gasteiger partial charge in [0.25, 0.3) is 5.69 Å². The van der Waals surface area contributed by atoms with Crippen LogP contribution in [-0.2, 0) is 0 Å². The van der Waals surface area contributed by atoms with E-state index in [1.807, 2.05) is 0 Å². The van der Waals surface area contributed by atoms with Gasteiger partial charge in [0.2, 0.25) is 0 Å². The zero-order valence-corrected chi connectivity index (χ0v) is 14.1. The molecule has 0 radical (unpaired) electrons. The number of benzene rings is 1. The van der Waals surface area contributed by atoms with Gasteiger partial charge >= 0.3 is 0 Å². The molecular formula is C14H21Cl2N3O3. The monoisotopic (exact) mass is 349 g/mol. The van der Waals surface area contributed by atoms with Gasteiger partial charge in [-0.15, -0.1) is 24.8 Å². The van der Waals surface area contributed by atoms with Crippen LogP contribution in [0, 0.1) is 10.1 Å². The molecule has 8 heteroatoms. The Labute approximate surface area is 142 Å². The Kier molecular flexibility index (Phi) is 9.20. The van der Waals surface area contributed by atoms with Crippen molar-refractivity contribution in [3.05, 3.63) is 39.9 Å². The highest BCUT2D eigenvalue weighted by atomic mass is 35.5. The Balaban J connectivity index is 0.00000220. The van der Waals surface area contributed by atoms with Crippen molar-refractivity contribution in [2.24, 2.45) is 0 Å². The molecule has 1 aliphatic heterocycles. The SMILES string of the molecule is CN1CCN(CCC(=O)c2ccccc2[N+](=O)[O-])CC1.Cl.Cl. The summed E-state index contributed by atoms with van der Waals surface area (Å²) < 4.78 is 0. The quantitative estimate of drug-likeness (QED) is 0.463. The first-order chi connectivity index (χ1) is 9.58. The molecule has 1 fully saturated rings. The smallest absolute Gasteiger partial charge is 0.280 e. The summed E-state index contributed by atoms with van der Waals surface area (Å²) in [6, 6.07) is 6.15. The third-order valence-corrected chi connectivity index (χ3v) is 3.65. The number of Topliss-reactive ketones (excluding diaryl/α,β-unsaturated/α-hetero) is 1. The van der Waals surface area contributed by atoms with Crippen LogP contribution in [0.25, 0.3) is 0 Å². The zero-order chi connectivity index (χ0) is 14.5. The van der Waals surface area contributed by atoms with E-state index in [0.717, 1.165) is 26.2 Å². The number of piperazine rings is 1. The Bertz CT molecular complexity index is 506. The molecule has 0 saturated carbocycles. The van der Waals surface area contributed by atoms with Crippen LogP contribution in [0.2, 0.25) is 0 Å². The second-order valence-corrected chi connectivity index (χ2v) is 5.09. The van der Waals surface area contributed by atoms with E-state index >= 15 is 0 Å². The second-order valence-electron chi connectivity index (χ2n) is 5.09. The molecule has 0 spiro atoms. The predicted octanol–water partition coefficient (Wildman–Crippen LogP) is 2.26. The lowest BCUT2D eigenvalue weighted by Crippen LogP contribution is -2.45. The molecule has 1 aromatic carbocycles. The molecule has 0 aromatic heterocycles. The van der Waals surface area contributed by atoms with Crippen LogP contribution in [0.3, 0.4) is 0 Å². The number of nitrogens with zero attached hydrogens (tertiary/aromatic N) is 3. The molecule has 1 saturated heterocycles. The molecule has 1 heterocycles. The van der Waals surface area contributed by atoms with Crippen molar-refractivity contribution in [3.63, 3.8) is 0 Å². The number of para-hydroxylation sites is 1. The fourth-order valence-electron chi connectivity index (χ4n) is 2.33. The Morgan fingerprint density at radius 1 is 1.18 bits per heavy atom. The van der Waals surface area contributed by atoms with E-state index in [9.17, 15) is 14.9 Å². The normalized spacial score (nSPS) is 15.5. The maximum atomic E-state index is 12.1. The van der Waals surface area contributed by atoms with E-state index < -0.39 is 4.92 Å². The number of ketones is 1. The van der Waals surface area contributed by atoms with Gasteiger partial charge in [-0.25, -0.2) is 0 Å². The van der Waals surface area contributed by atoms with Gasteiger partial charge in [0, 0.05) is 45.2 Å². The summed E-state index contributed by atoms with van der Waals surface area (Å²) in [5, 5.41) is 10.9. The summed E-state index contributed by atoms with van der Waals surface area (Å²) >= 11 is 0. The molecule has 0 N–H and O–H groups in total. The van der Waals surface area contributed by atoms with Gasteiger partial charge in [0.1, 0.15) is 0 Å². The van der Waals surface area contributed by atoms with E-state index in [2.05, 4.69) is 16.8 Å². The zero-order valence-electron chi connectivity index (χ0n) is 12.4. The Hall–Kier alpha value is -1.21. The number of halogens is 2. The van der Waals surface area contributed by atoms with Crippen molar-refractivity contribution < 1.29 is 9.72 Å². The Morgan fingerprint density at radius 2 is 1.77 bits per heavy atom. The highest BCUT2D eigenvalue weighted by molar-refractivity contribution is 5.99. The van der Waals surface area contributed by atoms with Crippen LogP contribution in [0.1, 0.15) is 16.8 Å². The van der Waals surface area contributed by atoms with Gasteiger partial charge in [0.15, 0.2) is 5.78 Å². The molecule has 0 unspecified atom stereocenters. The number of carbonyl (C=O) groups excluding carboxylic acids is 1. The topological polar surface area (TPSA) is 66.7 Å². The van der Waals surface area contributed by atoms with Crippen LogP contribution < -0.4 is 0 Å². The van der Waals surface area contributed by atoms with Crippen molar-refractivity contribution in [3.8, 4) is 0 Å². The minimum absolute atomic E-state index is 0. The minimum atomic E-state index is -0.497. The van der Waals surface area contributed by atoms with E-state index in [-0.39, 0.29) is 41.8 Å². The summed E-state index contributed by atoms with van der Waals surface area (Å²) in [6.45, 7) is 4.55. The maximum absolute atomic E-state index is 12.1. The van der Waals surface area contributed by atoms with E-state index in [4.69, 9.17) is 0 Å². The molecule has 22 heavy (non-hydrogen) atoms. The number of nitro benzene ring substituents is 1. The molecule has 124 valence electrons. The molecule has 0 amide bonds. The minimum Gasteiger partial charge on any atom is -0.304 e. The van der Waals surface area contributed by atoms with Gasteiger partial charge in [0.05, 0.1) is 10.5 Å². The molecule has 2 rings (SSSR count). The van der Waals surface area contributed by atoms with Crippen LogP contribution >= 0.6 is 24.8 Å². The number of hydrogen-bond donors (Lipinski definition) is 0. The van der Waals surface area contributed by atoms with Crippen molar-refractivity contribution in [2.45, 2.75) is 6.42 Å². The average molecular weight is 350 g/mol. The molecule has 0 atom stereocenters. The average Bonchev–Trinajstić information content (AvgIpc) is 2.46. The fourth-order valence-corrected chi connectivity index (χ4v) is 2.33. The summed E-state index contributed by atoms with van der Waals surface area (Å²) in [6.07, 6.45) is 0.328. The lowest BCUT2D eigenvalue weighted by Gasteiger charge is -2.32. The third-order valence-electron chi connectivity index (χ3n) is 3.65. The molecule has 6 nitrogen and oxygen atoms in total. The first kappa shape index (κ1) is 20.8. The van der Waals surface area contributed by atoms with E-state index in [0.29, 0.717) is 13.0 Å². The second kappa shape index (κ2) is 9.74. The summed E-state index contributed by atoms with van der Waals surface area (Å²) in [7, 11) is 2.08. The van der Waals surface area contributed by atoms with Gasteiger partial charge < -0.3 is 9.80 Å². The van der Waals surface area contributed by atoms with Gasteiger partial charge in [-0.3, -0.25) is 14.9 Å². The molecule has 0 bridgehead atoms. The van der Waals surface area contributed by atoms with Crippen molar-refractivity contribution in [1.29, 1.82) is 0 Å². The van der Waals surface area contributed by atoms with E-state index in [1.165, 1.54) is 12.1 Å².